The molecule has 0 aromatic heterocycles. The molecule has 2 aliphatic carbocycles. The van der Waals surface area contributed by atoms with Crippen molar-refractivity contribution in [2.45, 2.75) is 12.3 Å². The maximum absolute atomic E-state index is 4.26. The number of allylic oxidation sites excluding steroid dienone is 9. The van der Waals surface area contributed by atoms with Gasteiger partial charge in [0.1, 0.15) is 0 Å². The van der Waals surface area contributed by atoms with Gasteiger partial charge in [0.25, 0.3) is 0 Å². The van der Waals surface area contributed by atoms with Crippen molar-refractivity contribution < 1.29 is 0 Å². The van der Waals surface area contributed by atoms with E-state index in [1.807, 2.05) is 18.2 Å². The summed E-state index contributed by atoms with van der Waals surface area (Å²) >= 11 is 0. The van der Waals surface area contributed by atoms with E-state index in [2.05, 4.69) is 112 Å². The molecular formula is C32H26. The molecule has 0 fully saturated rings. The molecule has 0 heteroatoms. The predicted molar refractivity (Wildman–Crippen MR) is 138 cm³/mol. The van der Waals surface area contributed by atoms with Crippen molar-refractivity contribution in [3.8, 4) is 11.1 Å². The lowest BCUT2D eigenvalue weighted by atomic mass is 9.68. The van der Waals surface area contributed by atoms with Crippen molar-refractivity contribution in [3.05, 3.63) is 156 Å². The van der Waals surface area contributed by atoms with Crippen LogP contribution in [0.15, 0.2) is 134 Å². The minimum atomic E-state index is -0.433. The van der Waals surface area contributed by atoms with E-state index in [4.69, 9.17) is 0 Å². The van der Waals surface area contributed by atoms with Crippen molar-refractivity contribution >= 4 is 11.1 Å². The van der Waals surface area contributed by atoms with Crippen molar-refractivity contribution in [1.82, 2.24) is 0 Å². The monoisotopic (exact) mass is 410 g/mol. The second-order valence-electron chi connectivity index (χ2n) is 8.19. The molecule has 0 saturated carbocycles. The molecule has 3 aromatic carbocycles. The summed E-state index contributed by atoms with van der Waals surface area (Å²) in [5.41, 5.74) is 11.8. The fourth-order valence-corrected chi connectivity index (χ4v) is 5.59. The minimum absolute atomic E-state index is 0.433. The Kier molecular flexibility index (Phi) is 4.79. The number of hydrogen-bond donors (Lipinski definition) is 0. The van der Waals surface area contributed by atoms with Gasteiger partial charge >= 0.3 is 0 Å². The highest BCUT2D eigenvalue weighted by atomic mass is 14.5. The van der Waals surface area contributed by atoms with Crippen molar-refractivity contribution in [3.63, 3.8) is 0 Å². The molecule has 32 heavy (non-hydrogen) atoms. The van der Waals surface area contributed by atoms with Crippen LogP contribution in [0.3, 0.4) is 0 Å². The molecule has 0 nitrogen and oxygen atoms in total. The Morgan fingerprint density at radius 2 is 1.28 bits per heavy atom. The van der Waals surface area contributed by atoms with Crippen LogP contribution in [0.4, 0.5) is 0 Å². The highest BCUT2D eigenvalue weighted by Crippen LogP contribution is 2.62. The number of benzene rings is 3. The zero-order valence-electron chi connectivity index (χ0n) is 18.4. The third-order valence-electron chi connectivity index (χ3n) is 6.78. The van der Waals surface area contributed by atoms with Gasteiger partial charge in [-0.1, -0.05) is 117 Å². The molecule has 1 unspecified atom stereocenters. The third-order valence-corrected chi connectivity index (χ3v) is 6.78. The molecule has 154 valence electrons. The molecule has 3 aromatic rings. The Labute approximate surface area is 191 Å². The Morgan fingerprint density at radius 3 is 1.97 bits per heavy atom. The lowest BCUT2D eigenvalue weighted by Crippen LogP contribution is -2.27. The maximum atomic E-state index is 4.26. The van der Waals surface area contributed by atoms with Crippen molar-refractivity contribution in [2.24, 2.45) is 0 Å². The molecule has 0 amide bonds. The van der Waals surface area contributed by atoms with Gasteiger partial charge in [-0.05, 0) is 68.7 Å². The highest BCUT2D eigenvalue weighted by molar-refractivity contribution is 6.00. The smallest absolute Gasteiger partial charge is 0.0725 e. The lowest BCUT2D eigenvalue weighted by molar-refractivity contribution is 0.779. The van der Waals surface area contributed by atoms with Crippen LogP contribution in [0, 0.1) is 0 Å². The predicted octanol–water partition coefficient (Wildman–Crippen LogP) is 8.31. The molecule has 1 atom stereocenters. The molecule has 0 N–H and O–H groups in total. The van der Waals surface area contributed by atoms with E-state index in [1.54, 1.807) is 0 Å². The molecular weight excluding hydrogens is 384 g/mol. The van der Waals surface area contributed by atoms with Gasteiger partial charge in [0.2, 0.25) is 0 Å². The standard InChI is InChI=1S/C32H26/c1-5-14-29-25(7-3)26-17-12-13-18-30(26)32(29)28(8-4)24(6-2)27-20-19-23(21-31(27)32)22-15-10-9-11-16-22/h5-21H,2-4H2,1H3/b14-5-. The first-order valence-electron chi connectivity index (χ1n) is 11.0. The van der Waals surface area contributed by atoms with E-state index >= 15 is 0 Å². The van der Waals surface area contributed by atoms with E-state index in [0.29, 0.717) is 0 Å². The largest absolute Gasteiger partial charge is 0.0987 e. The summed E-state index contributed by atoms with van der Waals surface area (Å²) in [7, 11) is 0. The number of fused-ring (bicyclic) bond motifs is 4. The van der Waals surface area contributed by atoms with Gasteiger partial charge in [-0.3, -0.25) is 0 Å². The van der Waals surface area contributed by atoms with Crippen LogP contribution in [0.5, 0.6) is 0 Å². The molecule has 2 aliphatic rings. The summed E-state index contributed by atoms with van der Waals surface area (Å²) in [6.07, 6.45) is 10.4. The van der Waals surface area contributed by atoms with Gasteiger partial charge in [-0.15, -0.1) is 0 Å². The van der Waals surface area contributed by atoms with Crippen molar-refractivity contribution in [2.75, 3.05) is 0 Å². The molecule has 0 radical (unpaired) electrons. The van der Waals surface area contributed by atoms with Crippen LogP contribution in [0.25, 0.3) is 22.3 Å². The molecule has 0 aliphatic heterocycles. The number of hydrogen-bond acceptors (Lipinski definition) is 0. The fourth-order valence-electron chi connectivity index (χ4n) is 5.59. The van der Waals surface area contributed by atoms with Gasteiger partial charge in [0.15, 0.2) is 0 Å². The second kappa shape index (κ2) is 7.66. The van der Waals surface area contributed by atoms with Gasteiger partial charge in [0.05, 0.1) is 5.41 Å². The summed E-state index contributed by atoms with van der Waals surface area (Å²) < 4.78 is 0. The van der Waals surface area contributed by atoms with Crippen LogP contribution >= 0.6 is 0 Å². The topological polar surface area (TPSA) is 0 Å². The van der Waals surface area contributed by atoms with E-state index in [-0.39, 0.29) is 0 Å². The Balaban J connectivity index is 1.95. The zero-order valence-corrected chi connectivity index (χ0v) is 18.4. The van der Waals surface area contributed by atoms with Gasteiger partial charge < -0.3 is 0 Å². The average Bonchev–Trinajstić information content (AvgIpc) is 3.29. The Hall–Kier alpha value is -3.90. The van der Waals surface area contributed by atoms with Crippen LogP contribution in [-0.4, -0.2) is 0 Å². The van der Waals surface area contributed by atoms with Crippen LogP contribution < -0.4 is 0 Å². The van der Waals surface area contributed by atoms with E-state index < -0.39 is 5.41 Å². The zero-order chi connectivity index (χ0) is 22.3. The average molecular weight is 411 g/mol. The molecule has 5 rings (SSSR count). The second-order valence-corrected chi connectivity index (χ2v) is 8.19. The SMILES string of the molecule is C=CC1=C(C=C)C2(C(/C=C\C)=C(C=C)c3ccccc32)c2cc(-c3ccccc3)ccc21. The number of rotatable bonds is 5. The first-order valence-corrected chi connectivity index (χ1v) is 11.0. The fraction of sp³-hybridized carbons (Fsp3) is 0.0625. The highest BCUT2D eigenvalue weighted by Gasteiger charge is 2.51. The Morgan fingerprint density at radius 1 is 0.625 bits per heavy atom. The summed E-state index contributed by atoms with van der Waals surface area (Å²) in [5, 5.41) is 0. The third kappa shape index (κ3) is 2.50. The quantitative estimate of drug-likeness (QED) is 0.397. The van der Waals surface area contributed by atoms with Crippen LogP contribution in [0.2, 0.25) is 0 Å². The normalized spacial score (nSPS) is 18.9. The Bertz CT molecular complexity index is 1360. The summed E-state index contributed by atoms with van der Waals surface area (Å²) in [4.78, 5) is 0. The van der Waals surface area contributed by atoms with Crippen LogP contribution in [0.1, 0.15) is 29.2 Å². The van der Waals surface area contributed by atoms with Gasteiger partial charge in [0, 0.05) is 0 Å². The van der Waals surface area contributed by atoms with E-state index in [0.717, 1.165) is 5.57 Å². The molecule has 1 spiro atoms. The van der Waals surface area contributed by atoms with E-state index in [9.17, 15) is 0 Å². The lowest BCUT2D eigenvalue weighted by Gasteiger charge is -2.33. The van der Waals surface area contributed by atoms with Crippen LogP contribution in [-0.2, 0) is 5.41 Å². The summed E-state index contributed by atoms with van der Waals surface area (Å²) in [6.45, 7) is 14.7. The summed E-state index contributed by atoms with van der Waals surface area (Å²) in [5.74, 6) is 0. The minimum Gasteiger partial charge on any atom is -0.0987 e. The van der Waals surface area contributed by atoms with Gasteiger partial charge in [-0.2, -0.15) is 0 Å². The maximum Gasteiger partial charge on any atom is 0.0725 e. The van der Waals surface area contributed by atoms with Gasteiger partial charge in [-0.25, -0.2) is 0 Å². The molecule has 0 saturated heterocycles. The molecule has 0 bridgehead atoms. The molecule has 0 heterocycles. The summed E-state index contributed by atoms with van der Waals surface area (Å²) in [6, 6.07) is 26.1. The van der Waals surface area contributed by atoms with Crippen molar-refractivity contribution in [1.29, 1.82) is 0 Å². The first-order chi connectivity index (χ1) is 15.7. The first kappa shape index (κ1) is 20.0. The van der Waals surface area contributed by atoms with E-state index in [1.165, 1.54) is 50.1 Å².